The molecule has 3 aromatic rings. The molecule has 230 valence electrons. The van der Waals surface area contributed by atoms with Gasteiger partial charge in [-0.15, -0.1) is 0 Å². The number of carbonyl (C=O) groups is 1. The van der Waals surface area contributed by atoms with Crippen molar-refractivity contribution in [3.8, 4) is 11.5 Å². The number of halogens is 4. The number of carbonyl (C=O) groups excluding carboxylic acids is 1. The molecule has 43 heavy (non-hydrogen) atoms. The third kappa shape index (κ3) is 7.94. The van der Waals surface area contributed by atoms with Crippen molar-refractivity contribution >= 4 is 39.2 Å². The zero-order chi connectivity index (χ0) is 30.6. The molecule has 5 rings (SSSR count). The Morgan fingerprint density at radius 3 is 2.42 bits per heavy atom. The zero-order valence-electron chi connectivity index (χ0n) is 23.1. The van der Waals surface area contributed by atoms with Crippen LogP contribution in [0.3, 0.4) is 0 Å². The van der Waals surface area contributed by atoms with Crippen molar-refractivity contribution in [2.75, 3.05) is 19.7 Å². The minimum atomic E-state index is -3.80. The van der Waals surface area contributed by atoms with E-state index in [1.165, 1.54) is 34.6 Å². The number of nitrogens with zero attached hydrogens (tertiary/aromatic N) is 1. The molecule has 1 N–H and O–H groups in total. The first kappa shape index (κ1) is 31.4. The van der Waals surface area contributed by atoms with Crippen LogP contribution in [-0.2, 0) is 26.0 Å². The van der Waals surface area contributed by atoms with Gasteiger partial charge in [-0.05, 0) is 61.4 Å². The predicted molar refractivity (Wildman–Crippen MR) is 155 cm³/mol. The van der Waals surface area contributed by atoms with E-state index >= 15 is 0 Å². The van der Waals surface area contributed by atoms with E-state index in [-0.39, 0.29) is 35.9 Å². The van der Waals surface area contributed by atoms with Gasteiger partial charge in [-0.2, -0.15) is 13.1 Å². The number of ether oxygens (including phenoxy) is 3. The number of sulfonamides is 1. The maximum Gasteiger partial charge on any atom is 0.387 e. The molecule has 0 unspecified atom stereocenters. The first-order chi connectivity index (χ1) is 20.6. The van der Waals surface area contributed by atoms with Gasteiger partial charge in [0.25, 0.3) is 0 Å². The van der Waals surface area contributed by atoms with Gasteiger partial charge in [-0.1, -0.05) is 47.5 Å². The van der Waals surface area contributed by atoms with Gasteiger partial charge in [0.1, 0.15) is 16.1 Å². The predicted octanol–water partition coefficient (Wildman–Crippen LogP) is 6.13. The van der Waals surface area contributed by atoms with Gasteiger partial charge in [-0.25, -0.2) is 13.4 Å². The average molecular weight is 657 g/mol. The number of aromatic nitrogens is 1. The lowest BCUT2D eigenvalue weighted by molar-refractivity contribution is -0.377. The summed E-state index contributed by atoms with van der Waals surface area (Å²) in [7, 11) is -3.80. The molecule has 0 bridgehead atoms. The number of hydrogen-bond donors (Lipinski definition) is 0. The summed E-state index contributed by atoms with van der Waals surface area (Å²) in [6.45, 7) is -2.47. The Kier molecular flexibility index (Phi) is 10.1. The van der Waals surface area contributed by atoms with E-state index < -0.39 is 34.6 Å². The molecule has 2 atom stereocenters. The standard InChI is InChI=1S/C30H30Cl2F2N2O6S/c31-24-15-35-16-25(32)23(24)14-27(20-10-11-26(42-30(33)34)28(13-20)40-18-19-8-9-19)41-29(37)21-5-4-12-36(17-21)43(38,39)22-6-2-1-3-7-22/h1-3,6-7,10-11,13,15-16,19,21,27,30H,4-5,8-9,12,14,17-18H2/p+1/t21-,27+/m1/s1. The zero-order valence-corrected chi connectivity index (χ0v) is 25.4. The van der Waals surface area contributed by atoms with Crippen LogP contribution in [0.5, 0.6) is 11.5 Å². The summed E-state index contributed by atoms with van der Waals surface area (Å²) in [5.74, 6) is -1.01. The lowest BCUT2D eigenvalue weighted by atomic mass is 9.98. The SMILES string of the molecule is O=C(O[C@@H](Cc1c(Cl)c[nH+]cc1Cl)c1ccc(OC(F)F)c(OCC2CC2)c1)[C@@H]1CCCN(S(=O)(=O)c2ccccc2)C1. The van der Waals surface area contributed by atoms with Crippen molar-refractivity contribution in [1.29, 1.82) is 0 Å². The number of rotatable bonds is 12. The second-order valence-corrected chi connectivity index (χ2v) is 13.4. The summed E-state index contributed by atoms with van der Waals surface area (Å²) in [6, 6.07) is 12.4. The second kappa shape index (κ2) is 13.8. The van der Waals surface area contributed by atoms with E-state index in [0.717, 1.165) is 12.8 Å². The van der Waals surface area contributed by atoms with Crippen molar-refractivity contribution in [3.63, 3.8) is 0 Å². The Hall–Kier alpha value is -2.99. The molecule has 1 aliphatic heterocycles. The van der Waals surface area contributed by atoms with E-state index in [2.05, 4.69) is 9.72 Å². The molecular formula is C30H31Cl2F2N2O6S+. The smallest absolute Gasteiger partial charge is 0.387 e. The van der Waals surface area contributed by atoms with Gasteiger partial charge in [0.15, 0.2) is 23.9 Å². The van der Waals surface area contributed by atoms with Crippen LogP contribution in [0.1, 0.15) is 42.9 Å². The van der Waals surface area contributed by atoms with Crippen molar-refractivity contribution < 1.29 is 41.2 Å². The summed E-state index contributed by atoms with van der Waals surface area (Å²) < 4.78 is 70.6. The summed E-state index contributed by atoms with van der Waals surface area (Å²) in [4.78, 5) is 16.6. The highest BCUT2D eigenvalue weighted by molar-refractivity contribution is 7.89. The van der Waals surface area contributed by atoms with Gasteiger partial charge in [-0.3, -0.25) is 4.79 Å². The topological polar surface area (TPSA) is 96.3 Å². The van der Waals surface area contributed by atoms with Gasteiger partial charge < -0.3 is 14.2 Å². The van der Waals surface area contributed by atoms with Crippen molar-refractivity contribution in [2.24, 2.45) is 11.8 Å². The van der Waals surface area contributed by atoms with Crippen LogP contribution in [-0.4, -0.2) is 45.0 Å². The van der Waals surface area contributed by atoms with Crippen molar-refractivity contribution in [3.05, 3.63) is 82.1 Å². The molecule has 0 amide bonds. The van der Waals surface area contributed by atoms with E-state index in [9.17, 15) is 22.0 Å². The number of H-pyrrole nitrogens is 1. The Morgan fingerprint density at radius 2 is 1.74 bits per heavy atom. The van der Waals surface area contributed by atoms with Crippen LogP contribution in [0.4, 0.5) is 8.78 Å². The van der Waals surface area contributed by atoms with Gasteiger partial charge in [0, 0.05) is 25.1 Å². The number of benzene rings is 2. The second-order valence-electron chi connectivity index (χ2n) is 10.6. The van der Waals surface area contributed by atoms with Crippen LogP contribution in [0.2, 0.25) is 10.0 Å². The Bertz CT molecular complexity index is 1520. The summed E-state index contributed by atoms with van der Waals surface area (Å²) in [6.07, 6.45) is 5.09. The number of aromatic amines is 1. The molecule has 2 aliphatic rings. The Labute approximate surface area is 258 Å². The number of alkyl halides is 2. The van der Waals surface area contributed by atoms with Crippen LogP contribution in [0.15, 0.2) is 65.8 Å². The van der Waals surface area contributed by atoms with Crippen LogP contribution >= 0.6 is 23.2 Å². The molecule has 1 aromatic heterocycles. The van der Waals surface area contributed by atoms with Gasteiger partial charge in [0.2, 0.25) is 10.0 Å². The number of hydrogen-bond acceptors (Lipinski definition) is 6. The summed E-state index contributed by atoms with van der Waals surface area (Å²) in [5.41, 5.74) is 0.954. The Morgan fingerprint density at radius 1 is 1.02 bits per heavy atom. The molecule has 2 fully saturated rings. The van der Waals surface area contributed by atoms with Crippen molar-refractivity contribution in [2.45, 2.75) is 49.7 Å². The molecular weight excluding hydrogens is 625 g/mol. The quantitative estimate of drug-likeness (QED) is 0.218. The fourth-order valence-corrected chi connectivity index (χ4v) is 7.02. The number of piperidine rings is 1. The third-order valence-corrected chi connectivity index (χ3v) is 10.0. The van der Waals surface area contributed by atoms with E-state index in [0.29, 0.717) is 46.5 Å². The molecule has 1 aliphatic carbocycles. The largest absolute Gasteiger partial charge is 0.489 e. The molecule has 1 saturated carbocycles. The van der Waals surface area contributed by atoms with Crippen molar-refractivity contribution in [1.82, 2.24) is 4.31 Å². The van der Waals surface area contributed by atoms with Gasteiger partial charge in [0.05, 0.1) is 17.4 Å². The van der Waals surface area contributed by atoms with E-state index in [1.54, 1.807) is 30.6 Å². The van der Waals surface area contributed by atoms with Gasteiger partial charge >= 0.3 is 12.6 Å². The normalized spacial score (nSPS) is 18.3. The molecule has 13 heteroatoms. The first-order valence-electron chi connectivity index (χ1n) is 13.9. The Balaban J connectivity index is 1.41. The van der Waals surface area contributed by atoms with Crippen LogP contribution in [0, 0.1) is 11.8 Å². The minimum absolute atomic E-state index is 0.0402. The fraction of sp³-hybridized carbons (Fsp3) is 0.400. The monoisotopic (exact) mass is 655 g/mol. The maximum absolute atomic E-state index is 13.6. The van der Waals surface area contributed by atoms with Crippen LogP contribution in [0.25, 0.3) is 0 Å². The number of esters is 1. The lowest BCUT2D eigenvalue weighted by Gasteiger charge is -2.32. The summed E-state index contributed by atoms with van der Waals surface area (Å²) >= 11 is 12.8. The maximum atomic E-state index is 13.6. The first-order valence-corrected chi connectivity index (χ1v) is 16.1. The number of nitrogens with one attached hydrogen (secondary N) is 1. The number of pyridine rings is 1. The average Bonchev–Trinajstić information content (AvgIpc) is 3.83. The molecule has 8 nitrogen and oxygen atoms in total. The van der Waals surface area contributed by atoms with Crippen LogP contribution < -0.4 is 14.5 Å². The van der Waals surface area contributed by atoms with E-state index in [4.69, 9.17) is 32.7 Å². The third-order valence-electron chi connectivity index (χ3n) is 7.47. The highest BCUT2D eigenvalue weighted by Gasteiger charge is 2.35. The lowest BCUT2D eigenvalue weighted by Crippen LogP contribution is -2.43. The highest BCUT2D eigenvalue weighted by Crippen LogP contribution is 2.38. The molecule has 2 heterocycles. The molecule has 0 radical (unpaired) electrons. The highest BCUT2D eigenvalue weighted by atomic mass is 35.5. The molecule has 2 aromatic carbocycles. The minimum Gasteiger partial charge on any atom is -0.489 e. The summed E-state index contributed by atoms with van der Waals surface area (Å²) in [5, 5.41) is 0.628. The van der Waals surface area contributed by atoms with E-state index in [1.807, 2.05) is 0 Å². The molecule has 1 saturated heterocycles. The molecule has 0 spiro atoms. The fourth-order valence-electron chi connectivity index (χ4n) is 4.94.